The van der Waals surface area contributed by atoms with E-state index in [2.05, 4.69) is 291 Å². The Morgan fingerprint density at radius 3 is 0.980 bits per heavy atom. The van der Waals surface area contributed by atoms with Crippen LogP contribution in [0.4, 0.5) is 0 Å². The highest BCUT2D eigenvalue weighted by molar-refractivity contribution is 6.25. The van der Waals surface area contributed by atoms with Gasteiger partial charge in [-0.1, -0.05) is 237 Å². The van der Waals surface area contributed by atoms with E-state index in [-0.39, 0.29) is 0 Å². The number of fused-ring (bicyclic) bond motifs is 16. The zero-order valence-corrected chi connectivity index (χ0v) is 53.9. The largest absolute Gasteiger partial charge is 0.456 e. The van der Waals surface area contributed by atoms with Gasteiger partial charge in [0.25, 0.3) is 0 Å². The molecule has 4 nitrogen and oxygen atoms in total. The van der Waals surface area contributed by atoms with Crippen LogP contribution in [-0.4, -0.2) is 0 Å². The van der Waals surface area contributed by atoms with Gasteiger partial charge in [0.15, 0.2) is 0 Å². The SMILES string of the molecule is N#Cc1ccc2c(c1)Oc1cccc3c(-c4ccc5cc(-c6cc7c8ccccc8c(-c8ccccc8)cc7c7ccccc67)ccc5c4)ccc-2c13.N#Cc1ccc2c(c1)Oc1cccc3c(-c4ccc5cc(-c6cc7c8ccccc8ccc7c7ccccc67)ccc5c4)ccc-2c13. The number of nitriles is 2. The number of benzene rings is 19. The van der Waals surface area contributed by atoms with E-state index < -0.39 is 0 Å². The summed E-state index contributed by atoms with van der Waals surface area (Å²) in [7, 11) is 0. The van der Waals surface area contributed by atoms with E-state index in [1.807, 2.05) is 48.5 Å². The van der Waals surface area contributed by atoms with Crippen LogP contribution in [0.5, 0.6) is 23.0 Å². The summed E-state index contributed by atoms with van der Waals surface area (Å²) in [6, 6.07) is 122. The van der Waals surface area contributed by atoms with E-state index in [1.165, 1.54) is 136 Å². The maximum Gasteiger partial charge on any atom is 0.136 e. The summed E-state index contributed by atoms with van der Waals surface area (Å²) in [4.78, 5) is 0. The summed E-state index contributed by atoms with van der Waals surface area (Å²) < 4.78 is 12.7. The predicted octanol–water partition coefficient (Wildman–Crippen LogP) is 26.5. The van der Waals surface area contributed by atoms with E-state index in [1.54, 1.807) is 0 Å². The van der Waals surface area contributed by atoms with Crippen molar-refractivity contribution in [2.45, 2.75) is 0 Å². The molecular weight excluding hydrogens is 1210 g/mol. The predicted molar refractivity (Wildman–Crippen MR) is 416 cm³/mol. The Kier molecular flexibility index (Phi) is 12.7. The monoisotopic (exact) mass is 1270 g/mol. The first kappa shape index (κ1) is 56.7. The molecule has 0 aliphatic carbocycles. The molecule has 0 N–H and O–H groups in total. The van der Waals surface area contributed by atoms with Crippen LogP contribution in [0.1, 0.15) is 11.1 Å². The minimum Gasteiger partial charge on any atom is -0.456 e. The van der Waals surface area contributed by atoms with Gasteiger partial charge in [-0.3, -0.25) is 0 Å². The standard InChI is InChI=1S/C51H29NO.C45H25NO/c52-30-31-17-22-42-44-24-23-37(43-15-8-16-49(51(43)44)53-50(42)25-31)35-20-18-34-27-36(21-19-33(34)26-35)46-29-48-40-13-6-4-11-38(40)45(32-9-2-1-3-10-32)28-47(48)41-14-7-5-12-39(41)46;46-26-27-12-18-38-40-21-20-34(39-10-5-11-43(45(39)40)47-44(38)22-27)31-15-13-30-24-32(16-14-29(30)23-31)41-25-42-33-7-2-1-6-28(33)17-19-37(42)35-8-3-4-9-36(35)41/h1-29H;1-25H. The van der Waals surface area contributed by atoms with E-state index in [0.29, 0.717) is 11.1 Å². The second-order valence-electron chi connectivity index (χ2n) is 26.3. The minimum absolute atomic E-state index is 0.593. The Balaban J connectivity index is 0.000000136. The fraction of sp³-hybridized carbons (Fsp3) is 0. The van der Waals surface area contributed by atoms with Crippen LogP contribution in [0, 0.1) is 22.7 Å². The molecule has 21 rings (SSSR count). The highest BCUT2D eigenvalue weighted by atomic mass is 16.5. The van der Waals surface area contributed by atoms with Gasteiger partial charge in [-0.2, -0.15) is 10.5 Å². The van der Waals surface area contributed by atoms with Crippen LogP contribution < -0.4 is 9.47 Å². The molecular formula is C96H54N2O2. The van der Waals surface area contributed by atoms with Crippen LogP contribution in [0.15, 0.2) is 328 Å². The van der Waals surface area contributed by atoms with Crippen molar-refractivity contribution in [1.29, 1.82) is 10.5 Å². The smallest absolute Gasteiger partial charge is 0.136 e. The molecule has 0 amide bonds. The molecule has 100 heavy (non-hydrogen) atoms. The Hall–Kier alpha value is -13.6. The normalized spacial score (nSPS) is 11.9. The lowest BCUT2D eigenvalue weighted by atomic mass is 9.87. The molecule has 2 aliphatic heterocycles. The molecule has 0 saturated heterocycles. The molecule has 4 heteroatoms. The van der Waals surface area contributed by atoms with Crippen LogP contribution >= 0.6 is 0 Å². The summed E-state index contributed by atoms with van der Waals surface area (Å²) in [5, 5.41) is 43.4. The van der Waals surface area contributed by atoms with E-state index in [0.717, 1.165) is 72.4 Å². The molecule has 0 saturated carbocycles. The number of hydrogen-bond acceptors (Lipinski definition) is 4. The number of rotatable bonds is 5. The lowest BCUT2D eigenvalue weighted by Crippen LogP contribution is -1.98. The highest BCUT2D eigenvalue weighted by Gasteiger charge is 2.25. The van der Waals surface area contributed by atoms with E-state index >= 15 is 0 Å². The van der Waals surface area contributed by atoms with Crippen LogP contribution in [0.3, 0.4) is 0 Å². The van der Waals surface area contributed by atoms with Gasteiger partial charge in [-0.25, -0.2) is 0 Å². The van der Waals surface area contributed by atoms with Crippen LogP contribution in [0.25, 0.3) is 186 Å². The molecule has 0 fully saturated rings. The van der Waals surface area contributed by atoms with Crippen molar-refractivity contribution in [3.8, 4) is 113 Å². The summed E-state index contributed by atoms with van der Waals surface area (Å²) in [6.07, 6.45) is 0. The van der Waals surface area contributed by atoms with Crippen molar-refractivity contribution < 1.29 is 9.47 Å². The van der Waals surface area contributed by atoms with Crippen molar-refractivity contribution in [2.75, 3.05) is 0 Å². The average molecular weight is 1270 g/mol. The van der Waals surface area contributed by atoms with Crippen LogP contribution in [-0.2, 0) is 0 Å². The van der Waals surface area contributed by atoms with Gasteiger partial charge in [0.2, 0.25) is 0 Å². The lowest BCUT2D eigenvalue weighted by Gasteiger charge is -2.22. The fourth-order valence-corrected chi connectivity index (χ4v) is 16.2. The third-order valence-electron chi connectivity index (χ3n) is 20.9. The Morgan fingerprint density at radius 2 is 0.520 bits per heavy atom. The molecule has 0 aromatic heterocycles. The highest BCUT2D eigenvalue weighted by Crippen LogP contribution is 2.52. The molecule has 0 radical (unpaired) electrons. The zero-order chi connectivity index (χ0) is 66.1. The van der Waals surface area contributed by atoms with Crippen molar-refractivity contribution in [1.82, 2.24) is 0 Å². The Bertz CT molecular complexity index is 6870. The van der Waals surface area contributed by atoms with Crippen molar-refractivity contribution in [2.24, 2.45) is 0 Å². The van der Waals surface area contributed by atoms with Gasteiger partial charge < -0.3 is 9.47 Å². The van der Waals surface area contributed by atoms with Gasteiger partial charge >= 0.3 is 0 Å². The van der Waals surface area contributed by atoms with E-state index in [9.17, 15) is 10.5 Å². The zero-order valence-electron chi connectivity index (χ0n) is 53.9. The molecule has 0 atom stereocenters. The number of nitrogens with zero attached hydrogens (tertiary/aromatic N) is 2. The maximum absolute atomic E-state index is 9.45. The van der Waals surface area contributed by atoms with Gasteiger partial charge in [0, 0.05) is 21.9 Å². The Labute approximate surface area is 575 Å². The quantitative estimate of drug-likeness (QED) is 0.161. The molecule has 19 aromatic carbocycles. The molecule has 0 bridgehead atoms. The summed E-state index contributed by atoms with van der Waals surface area (Å²) in [5.74, 6) is 3.09. The van der Waals surface area contributed by atoms with Crippen molar-refractivity contribution in [3.05, 3.63) is 339 Å². The van der Waals surface area contributed by atoms with Gasteiger partial charge in [-0.15, -0.1) is 0 Å². The second-order valence-corrected chi connectivity index (χ2v) is 26.3. The summed E-state index contributed by atoms with van der Waals surface area (Å²) >= 11 is 0. The molecule has 19 aromatic rings. The first-order valence-corrected chi connectivity index (χ1v) is 33.9. The van der Waals surface area contributed by atoms with Gasteiger partial charge in [0.1, 0.15) is 23.0 Å². The third-order valence-corrected chi connectivity index (χ3v) is 20.9. The van der Waals surface area contributed by atoms with Gasteiger partial charge in [-0.05, 0) is 255 Å². The first-order valence-electron chi connectivity index (χ1n) is 33.9. The first-order chi connectivity index (χ1) is 49.4. The molecule has 0 spiro atoms. The number of ether oxygens (including phenoxy) is 2. The molecule has 2 heterocycles. The van der Waals surface area contributed by atoms with E-state index in [4.69, 9.17) is 9.47 Å². The maximum atomic E-state index is 9.45. The topological polar surface area (TPSA) is 66.0 Å². The lowest BCUT2D eigenvalue weighted by molar-refractivity contribution is 0.486. The third kappa shape index (κ3) is 8.99. The van der Waals surface area contributed by atoms with Gasteiger partial charge in [0.05, 0.1) is 23.3 Å². The molecule has 2 aliphatic rings. The fourth-order valence-electron chi connectivity index (χ4n) is 16.2. The molecule has 0 unspecified atom stereocenters. The summed E-state index contributed by atoms with van der Waals surface area (Å²) in [6.45, 7) is 0. The van der Waals surface area contributed by atoms with Crippen LogP contribution in [0.2, 0.25) is 0 Å². The summed E-state index contributed by atoms with van der Waals surface area (Å²) in [5.41, 5.74) is 17.5. The Morgan fingerprint density at radius 1 is 0.180 bits per heavy atom. The second kappa shape index (κ2) is 22.5. The average Bonchev–Trinajstić information content (AvgIpc) is 0.749. The molecule has 460 valence electrons. The van der Waals surface area contributed by atoms with Crippen molar-refractivity contribution >= 4 is 108 Å². The minimum atomic E-state index is 0.593. The number of hydrogen-bond donors (Lipinski definition) is 0. The van der Waals surface area contributed by atoms with Crippen molar-refractivity contribution in [3.63, 3.8) is 0 Å².